The first-order valence-corrected chi connectivity index (χ1v) is 11.2. The van der Waals surface area contributed by atoms with E-state index in [9.17, 15) is 28.3 Å². The smallest absolute Gasteiger partial charge is 0.494 e. The molecule has 196 valence electrons. The Hall–Kier alpha value is -3.89. The number of carboxylic acid groups (broad SMARTS) is 1. The van der Waals surface area contributed by atoms with Crippen molar-refractivity contribution in [3.8, 4) is 17.7 Å². The van der Waals surface area contributed by atoms with Crippen molar-refractivity contribution in [2.75, 3.05) is 13.7 Å². The third-order valence-corrected chi connectivity index (χ3v) is 5.90. The van der Waals surface area contributed by atoms with Crippen molar-refractivity contribution in [1.82, 2.24) is 15.6 Å². The monoisotopic (exact) mass is 558 g/mol. The van der Waals surface area contributed by atoms with Crippen LogP contribution in [0.3, 0.4) is 0 Å². The third kappa shape index (κ3) is 6.46. The summed E-state index contributed by atoms with van der Waals surface area (Å²) < 4.78 is 47.4. The number of rotatable bonds is 7. The summed E-state index contributed by atoms with van der Waals surface area (Å²) in [6.45, 7) is 1.63. The van der Waals surface area contributed by atoms with Crippen molar-refractivity contribution in [3.63, 3.8) is 0 Å². The molecular weight excluding hydrogens is 540 g/mol. The Bertz CT molecular complexity index is 1280. The zero-order valence-corrected chi connectivity index (χ0v) is 20.7. The number of carbonyl (C=O) groups is 1. The summed E-state index contributed by atoms with van der Waals surface area (Å²) in [5.74, 6) is -0.654. The Morgan fingerprint density at radius 1 is 1.30 bits per heavy atom. The summed E-state index contributed by atoms with van der Waals surface area (Å²) in [6.07, 6.45) is -4.53. The van der Waals surface area contributed by atoms with Crippen LogP contribution >= 0.6 is 23.2 Å². The summed E-state index contributed by atoms with van der Waals surface area (Å²) in [5, 5.41) is 26.4. The van der Waals surface area contributed by atoms with E-state index in [2.05, 4.69) is 25.6 Å². The molecular formula is C22H19Cl2F3N6O4. The lowest BCUT2D eigenvalue weighted by Gasteiger charge is -2.30. The number of halogens is 5. The Morgan fingerprint density at radius 3 is 2.59 bits per heavy atom. The molecule has 3 rings (SSSR count). The van der Waals surface area contributed by atoms with Crippen LogP contribution in [-0.2, 0) is 0 Å². The molecule has 1 aliphatic heterocycles. The van der Waals surface area contributed by atoms with E-state index in [1.54, 1.807) is 19.2 Å². The largest absolute Gasteiger partial charge is 0.573 e. The van der Waals surface area contributed by atoms with Gasteiger partial charge in [0.25, 0.3) is 0 Å². The average Bonchev–Trinajstić information content (AvgIpc) is 3.24. The number of ether oxygens (including phenoxy) is 2. The van der Waals surface area contributed by atoms with Gasteiger partial charge in [-0.25, -0.2) is 9.79 Å². The number of nitrogens with zero attached hydrogens (tertiary/aromatic N) is 4. The highest BCUT2D eigenvalue weighted by molar-refractivity contribution is 6.42. The fourth-order valence-corrected chi connectivity index (χ4v) is 3.93. The number of hydrogen-bond donors (Lipinski definition) is 3. The zero-order valence-electron chi connectivity index (χ0n) is 19.2. The van der Waals surface area contributed by atoms with E-state index in [-0.39, 0.29) is 39.6 Å². The van der Waals surface area contributed by atoms with Gasteiger partial charge in [0.1, 0.15) is 35.1 Å². The Balaban J connectivity index is 2.12. The summed E-state index contributed by atoms with van der Waals surface area (Å²) in [7, 11) is 1.28. The molecule has 1 aliphatic rings. The Morgan fingerprint density at radius 2 is 2.03 bits per heavy atom. The highest BCUT2D eigenvalue weighted by Crippen LogP contribution is 2.35. The van der Waals surface area contributed by atoms with Crippen LogP contribution in [0.15, 0.2) is 46.5 Å². The van der Waals surface area contributed by atoms with Crippen LogP contribution in [0.1, 0.15) is 12.5 Å². The molecule has 0 aromatic heterocycles. The number of nitriles is 1. The van der Waals surface area contributed by atoms with Gasteiger partial charge in [-0.3, -0.25) is 15.6 Å². The molecule has 10 nitrogen and oxygen atoms in total. The lowest BCUT2D eigenvalue weighted by atomic mass is 9.96. The number of alkyl halides is 3. The second kappa shape index (κ2) is 11.4. The molecule has 1 heterocycles. The zero-order chi connectivity index (χ0) is 27.3. The molecule has 0 saturated heterocycles. The van der Waals surface area contributed by atoms with Gasteiger partial charge in [0.05, 0.1) is 22.9 Å². The first kappa shape index (κ1) is 27.7. The minimum atomic E-state index is -4.95. The molecule has 37 heavy (non-hydrogen) atoms. The van der Waals surface area contributed by atoms with Crippen LogP contribution in [0.5, 0.6) is 11.5 Å². The minimum Gasteiger partial charge on any atom is -0.494 e. The van der Waals surface area contributed by atoms with E-state index < -0.39 is 30.3 Å². The number of hydrazone groups is 1. The first-order chi connectivity index (χ1) is 17.5. The van der Waals surface area contributed by atoms with Gasteiger partial charge in [-0.15, -0.1) is 13.2 Å². The quantitative estimate of drug-likeness (QED) is 0.193. The van der Waals surface area contributed by atoms with Gasteiger partial charge in [-0.05, 0) is 31.2 Å². The maximum Gasteiger partial charge on any atom is 0.573 e. The number of amides is 1. The molecule has 0 saturated carbocycles. The molecule has 2 aromatic carbocycles. The van der Waals surface area contributed by atoms with Gasteiger partial charge < -0.3 is 14.6 Å². The van der Waals surface area contributed by atoms with Gasteiger partial charge >= 0.3 is 12.5 Å². The molecule has 2 unspecified atom stereocenters. The molecule has 15 heteroatoms. The van der Waals surface area contributed by atoms with Crippen molar-refractivity contribution in [2.45, 2.75) is 25.4 Å². The molecule has 2 atom stereocenters. The SMILES string of the molecule is CCN(C(=O)O)C1C(c2ccc(Cl)c(Cl)c2)=NNC1C(=Nc1cc(OC(F)(F)F)ccc1OC)NC#N. The third-order valence-electron chi connectivity index (χ3n) is 5.16. The first-order valence-electron chi connectivity index (χ1n) is 10.4. The van der Waals surface area contributed by atoms with Crippen LogP contribution in [0, 0.1) is 11.5 Å². The number of hydrogen-bond acceptors (Lipinski definition) is 7. The average molecular weight is 559 g/mol. The molecule has 2 aromatic rings. The standard InChI is InChI=1S/C22H19Cl2F3N6O4/c1-3-33(21(34)35)19-17(11-4-6-13(23)14(24)8-11)31-32-18(19)20(29-10-28)30-15-9-12(37-22(25,26)27)5-7-16(15)36-2/h4-9,18-19,32H,3H2,1-2H3,(H,29,30)(H,34,35). The maximum absolute atomic E-state index is 12.7. The molecule has 1 amide bonds. The molecule has 0 aliphatic carbocycles. The highest BCUT2D eigenvalue weighted by Gasteiger charge is 2.42. The number of benzene rings is 2. The number of amidine groups is 1. The topological polar surface area (TPSA) is 132 Å². The highest BCUT2D eigenvalue weighted by atomic mass is 35.5. The van der Waals surface area contributed by atoms with E-state index in [1.165, 1.54) is 25.3 Å². The lowest BCUT2D eigenvalue weighted by Crippen LogP contribution is -2.56. The number of methoxy groups -OCH3 is 1. The van der Waals surface area contributed by atoms with Crippen molar-refractivity contribution < 1.29 is 32.5 Å². The van der Waals surface area contributed by atoms with Crippen LogP contribution in [0.2, 0.25) is 10.0 Å². The normalized spacial score (nSPS) is 17.4. The summed E-state index contributed by atoms with van der Waals surface area (Å²) in [4.78, 5) is 17.4. The fourth-order valence-electron chi connectivity index (χ4n) is 3.63. The van der Waals surface area contributed by atoms with E-state index in [4.69, 9.17) is 27.9 Å². The minimum absolute atomic E-state index is 0.0244. The second-order valence-corrected chi connectivity index (χ2v) is 8.18. The predicted octanol–water partition coefficient (Wildman–Crippen LogP) is 4.75. The second-order valence-electron chi connectivity index (χ2n) is 7.36. The van der Waals surface area contributed by atoms with Crippen molar-refractivity contribution >= 4 is 46.5 Å². The molecule has 0 fully saturated rings. The van der Waals surface area contributed by atoms with Crippen molar-refractivity contribution in [1.29, 1.82) is 5.26 Å². The maximum atomic E-state index is 12.7. The number of likely N-dealkylation sites (N-methyl/N-ethyl adjacent to an activating group) is 1. The van der Waals surface area contributed by atoms with E-state index in [0.717, 1.165) is 17.0 Å². The molecule has 0 bridgehead atoms. The predicted molar refractivity (Wildman–Crippen MR) is 130 cm³/mol. The van der Waals surface area contributed by atoms with Gasteiger partial charge in [-0.1, -0.05) is 29.3 Å². The van der Waals surface area contributed by atoms with E-state index in [1.807, 2.05) is 0 Å². The van der Waals surface area contributed by atoms with Crippen LogP contribution in [0.4, 0.5) is 23.7 Å². The van der Waals surface area contributed by atoms with Crippen LogP contribution in [0.25, 0.3) is 0 Å². The van der Waals surface area contributed by atoms with Crippen molar-refractivity contribution in [2.24, 2.45) is 10.1 Å². The van der Waals surface area contributed by atoms with E-state index >= 15 is 0 Å². The summed E-state index contributed by atoms with van der Waals surface area (Å²) >= 11 is 12.2. The Labute approximate surface area is 218 Å². The number of nitrogens with one attached hydrogen (secondary N) is 2. The van der Waals surface area contributed by atoms with Gasteiger partial charge in [0.2, 0.25) is 0 Å². The molecule has 0 radical (unpaired) electrons. The van der Waals surface area contributed by atoms with Gasteiger partial charge in [-0.2, -0.15) is 10.4 Å². The van der Waals surface area contributed by atoms with Gasteiger partial charge in [0, 0.05) is 18.2 Å². The van der Waals surface area contributed by atoms with E-state index in [0.29, 0.717) is 5.56 Å². The molecule has 3 N–H and O–H groups in total. The summed E-state index contributed by atoms with van der Waals surface area (Å²) in [6, 6.07) is 5.73. The summed E-state index contributed by atoms with van der Waals surface area (Å²) in [5.41, 5.74) is 3.34. The fraction of sp³-hybridized carbons (Fsp3) is 0.273. The molecule has 0 spiro atoms. The van der Waals surface area contributed by atoms with Crippen molar-refractivity contribution in [3.05, 3.63) is 52.0 Å². The Kier molecular flexibility index (Phi) is 8.57. The lowest BCUT2D eigenvalue weighted by molar-refractivity contribution is -0.274. The van der Waals surface area contributed by atoms with Crippen LogP contribution in [-0.4, -0.2) is 59.7 Å². The van der Waals surface area contributed by atoms with Crippen LogP contribution < -0.4 is 20.2 Å². The number of aliphatic imine (C=N–C) groups is 1. The van der Waals surface area contributed by atoms with Gasteiger partial charge in [0.15, 0.2) is 6.19 Å².